The van der Waals surface area contributed by atoms with Crippen LogP contribution in [-0.2, 0) is 0 Å². The second-order valence-corrected chi connectivity index (χ2v) is 5.78. The van der Waals surface area contributed by atoms with Gasteiger partial charge in [-0.25, -0.2) is 0 Å². The van der Waals surface area contributed by atoms with Gasteiger partial charge >= 0.3 is 0 Å². The third-order valence-corrected chi connectivity index (χ3v) is 4.34. The number of aryl methyl sites for hydroxylation is 1. The van der Waals surface area contributed by atoms with E-state index in [9.17, 15) is 0 Å². The van der Waals surface area contributed by atoms with Gasteiger partial charge in [0, 0.05) is 25.2 Å². The third-order valence-electron chi connectivity index (χ3n) is 3.90. The Morgan fingerprint density at radius 1 is 1.43 bits per heavy atom. The van der Waals surface area contributed by atoms with Crippen molar-refractivity contribution in [1.82, 2.24) is 15.4 Å². The first-order valence-corrected chi connectivity index (χ1v) is 7.62. The summed E-state index contributed by atoms with van der Waals surface area (Å²) in [5.74, 6) is 0.816. The average molecular weight is 301 g/mol. The van der Waals surface area contributed by atoms with Gasteiger partial charge in [0.1, 0.15) is 5.69 Å². The van der Waals surface area contributed by atoms with Crippen molar-refractivity contribution in [3.8, 4) is 11.3 Å². The van der Waals surface area contributed by atoms with Crippen LogP contribution in [0.4, 0.5) is 0 Å². The van der Waals surface area contributed by atoms with Gasteiger partial charge in [0.05, 0.1) is 6.04 Å². The van der Waals surface area contributed by atoms with Crippen LogP contribution >= 0.6 is 12.2 Å². The van der Waals surface area contributed by atoms with E-state index in [4.69, 9.17) is 16.7 Å². The summed E-state index contributed by atoms with van der Waals surface area (Å²) in [6, 6.07) is 10.5. The normalized spacial score (nSPS) is 18.0. The number of nitrogens with zero attached hydrogens (tertiary/aromatic N) is 2. The second-order valence-electron chi connectivity index (χ2n) is 5.39. The van der Waals surface area contributed by atoms with Crippen LogP contribution in [0.3, 0.4) is 0 Å². The van der Waals surface area contributed by atoms with Crippen LogP contribution in [0.5, 0.6) is 0 Å². The molecule has 0 aliphatic carbocycles. The van der Waals surface area contributed by atoms with Crippen LogP contribution in [0.15, 0.2) is 34.9 Å². The van der Waals surface area contributed by atoms with Crippen LogP contribution < -0.4 is 5.32 Å². The molecule has 1 aromatic carbocycles. The lowest BCUT2D eigenvalue weighted by Crippen LogP contribution is -2.37. The first-order valence-electron chi connectivity index (χ1n) is 7.21. The predicted octanol–water partition coefficient (Wildman–Crippen LogP) is 3.29. The van der Waals surface area contributed by atoms with Gasteiger partial charge in [-0.3, -0.25) is 0 Å². The Hall–Kier alpha value is -1.88. The van der Waals surface area contributed by atoms with Crippen LogP contribution in [-0.4, -0.2) is 28.8 Å². The average Bonchev–Trinajstić information content (AvgIpc) is 3.15. The van der Waals surface area contributed by atoms with Gasteiger partial charge in [0.15, 0.2) is 10.9 Å². The van der Waals surface area contributed by atoms with Gasteiger partial charge in [-0.15, -0.1) is 0 Å². The number of thiocarbonyl (C=S) groups is 1. The summed E-state index contributed by atoms with van der Waals surface area (Å²) in [7, 11) is 1.86. The molecular weight excluding hydrogens is 282 g/mol. The van der Waals surface area contributed by atoms with Crippen molar-refractivity contribution in [2.75, 3.05) is 13.6 Å². The summed E-state index contributed by atoms with van der Waals surface area (Å²) >= 11 is 5.37. The molecule has 1 atom stereocenters. The van der Waals surface area contributed by atoms with Crippen molar-refractivity contribution in [2.24, 2.45) is 0 Å². The van der Waals surface area contributed by atoms with E-state index in [1.54, 1.807) is 0 Å². The molecular formula is C16H19N3OS. The highest BCUT2D eigenvalue weighted by molar-refractivity contribution is 7.80. The molecule has 1 aliphatic heterocycles. The van der Waals surface area contributed by atoms with E-state index in [0.717, 1.165) is 41.5 Å². The highest BCUT2D eigenvalue weighted by atomic mass is 32.1. The molecule has 1 unspecified atom stereocenters. The van der Waals surface area contributed by atoms with Gasteiger partial charge in [0.2, 0.25) is 0 Å². The molecule has 0 saturated carbocycles. The number of hydrogen-bond donors (Lipinski definition) is 1. The van der Waals surface area contributed by atoms with Crippen molar-refractivity contribution in [2.45, 2.75) is 25.8 Å². The predicted molar refractivity (Wildman–Crippen MR) is 87.0 cm³/mol. The number of benzene rings is 1. The molecule has 0 amide bonds. The molecule has 1 fully saturated rings. The maximum absolute atomic E-state index is 5.54. The number of nitrogens with one attached hydrogen (secondary N) is 1. The Kier molecular flexibility index (Phi) is 3.92. The van der Waals surface area contributed by atoms with Gasteiger partial charge < -0.3 is 14.7 Å². The molecule has 1 aromatic heterocycles. The summed E-state index contributed by atoms with van der Waals surface area (Å²) in [6.07, 6.45) is 2.18. The Bertz CT molecular complexity index is 652. The highest BCUT2D eigenvalue weighted by Gasteiger charge is 2.30. The smallest absolute Gasteiger partial charge is 0.169 e. The van der Waals surface area contributed by atoms with Gasteiger partial charge in [-0.1, -0.05) is 28.9 Å². The monoisotopic (exact) mass is 301 g/mol. The lowest BCUT2D eigenvalue weighted by molar-refractivity contribution is 0.356. The number of hydrogen-bond acceptors (Lipinski definition) is 3. The fourth-order valence-corrected chi connectivity index (χ4v) is 3.06. The van der Waals surface area contributed by atoms with Crippen LogP contribution in [0.25, 0.3) is 11.3 Å². The van der Waals surface area contributed by atoms with E-state index in [1.165, 1.54) is 5.56 Å². The molecule has 0 radical (unpaired) electrons. The summed E-state index contributed by atoms with van der Waals surface area (Å²) in [4.78, 5) is 2.19. The third kappa shape index (κ3) is 2.78. The molecule has 3 rings (SSSR count). The fraction of sp³-hybridized carbons (Fsp3) is 0.375. The second kappa shape index (κ2) is 5.85. The van der Waals surface area contributed by atoms with Crippen LogP contribution in [0.1, 0.15) is 30.1 Å². The van der Waals surface area contributed by atoms with Gasteiger partial charge in [-0.2, -0.15) is 0 Å². The zero-order chi connectivity index (χ0) is 14.8. The zero-order valence-electron chi connectivity index (χ0n) is 12.3. The SMILES string of the molecule is CNC(=S)N1CCCC1c1cc(-c2cccc(C)c2)on1. The van der Waals surface area contributed by atoms with E-state index in [2.05, 4.69) is 34.4 Å². The van der Waals surface area contributed by atoms with Crippen LogP contribution in [0.2, 0.25) is 0 Å². The van der Waals surface area contributed by atoms with E-state index >= 15 is 0 Å². The number of rotatable bonds is 2. The fourth-order valence-electron chi connectivity index (χ4n) is 2.84. The van der Waals surface area contributed by atoms with Crippen LogP contribution in [0, 0.1) is 6.92 Å². The minimum absolute atomic E-state index is 0.215. The van der Waals surface area contributed by atoms with E-state index < -0.39 is 0 Å². The Labute approximate surface area is 130 Å². The lowest BCUT2D eigenvalue weighted by atomic mass is 10.1. The first kappa shape index (κ1) is 14.1. The quantitative estimate of drug-likeness (QED) is 0.862. The lowest BCUT2D eigenvalue weighted by Gasteiger charge is -2.24. The summed E-state index contributed by atoms with van der Waals surface area (Å²) in [5.41, 5.74) is 3.24. The molecule has 1 N–H and O–H groups in total. The van der Waals surface area contributed by atoms with E-state index in [0.29, 0.717) is 0 Å². The van der Waals surface area contributed by atoms with Gasteiger partial charge in [0.25, 0.3) is 0 Å². The molecule has 21 heavy (non-hydrogen) atoms. The minimum atomic E-state index is 0.215. The maximum Gasteiger partial charge on any atom is 0.169 e. The molecule has 2 aromatic rings. The number of aromatic nitrogens is 1. The first-order chi connectivity index (χ1) is 10.2. The van der Waals surface area contributed by atoms with Crippen molar-refractivity contribution in [3.63, 3.8) is 0 Å². The van der Waals surface area contributed by atoms with Crippen molar-refractivity contribution < 1.29 is 4.52 Å². The Balaban J connectivity index is 1.86. The molecule has 4 nitrogen and oxygen atoms in total. The standard InChI is InChI=1S/C16H19N3OS/c1-11-5-3-6-12(9-11)15-10-13(18-20-15)14-7-4-8-19(14)16(21)17-2/h3,5-6,9-10,14H,4,7-8H2,1-2H3,(H,17,21). The maximum atomic E-state index is 5.54. The van der Waals surface area contributed by atoms with E-state index in [-0.39, 0.29) is 6.04 Å². The van der Waals surface area contributed by atoms with Crippen molar-refractivity contribution >= 4 is 17.3 Å². The molecule has 2 heterocycles. The van der Waals surface area contributed by atoms with Crippen molar-refractivity contribution in [1.29, 1.82) is 0 Å². The summed E-state index contributed by atoms with van der Waals surface area (Å²) in [5, 5.41) is 8.09. The van der Waals surface area contributed by atoms with E-state index in [1.807, 2.05) is 25.2 Å². The number of likely N-dealkylation sites (tertiary alicyclic amines) is 1. The molecule has 0 bridgehead atoms. The topological polar surface area (TPSA) is 41.3 Å². The molecule has 110 valence electrons. The Morgan fingerprint density at radius 3 is 3.05 bits per heavy atom. The van der Waals surface area contributed by atoms with Gasteiger partial charge in [-0.05, 0) is 38.0 Å². The summed E-state index contributed by atoms with van der Waals surface area (Å²) < 4.78 is 5.54. The molecule has 0 spiro atoms. The molecule has 1 aliphatic rings. The Morgan fingerprint density at radius 2 is 2.29 bits per heavy atom. The zero-order valence-corrected chi connectivity index (χ0v) is 13.1. The molecule has 5 heteroatoms. The van der Waals surface area contributed by atoms with Crippen molar-refractivity contribution in [3.05, 3.63) is 41.6 Å². The summed E-state index contributed by atoms with van der Waals surface area (Å²) in [6.45, 7) is 3.04. The highest BCUT2D eigenvalue weighted by Crippen LogP contribution is 2.33. The molecule has 1 saturated heterocycles. The largest absolute Gasteiger partial charge is 0.366 e. The minimum Gasteiger partial charge on any atom is -0.366 e.